The van der Waals surface area contributed by atoms with Crippen molar-refractivity contribution in [3.05, 3.63) is 0 Å². The van der Waals surface area contributed by atoms with Crippen molar-refractivity contribution in [2.24, 2.45) is 5.41 Å². The van der Waals surface area contributed by atoms with E-state index in [0.29, 0.717) is 13.2 Å². The van der Waals surface area contributed by atoms with Crippen LogP contribution in [0.5, 0.6) is 0 Å². The van der Waals surface area contributed by atoms with Gasteiger partial charge in [0.05, 0.1) is 13.2 Å². The van der Waals surface area contributed by atoms with Crippen LogP contribution < -0.4 is 0 Å². The largest absolute Gasteiger partial charge is 0.334 e. The summed E-state index contributed by atoms with van der Waals surface area (Å²) < 4.78 is 17.3. The zero-order valence-electron chi connectivity index (χ0n) is 14.1. The van der Waals surface area contributed by atoms with Gasteiger partial charge < -0.3 is 9.05 Å². The van der Waals surface area contributed by atoms with Gasteiger partial charge in [0.1, 0.15) is 6.23 Å². The van der Waals surface area contributed by atoms with Gasteiger partial charge in [-0.2, -0.15) is 0 Å². The number of nitrogens with zero attached hydrogens (tertiary/aromatic N) is 1. The van der Waals surface area contributed by atoms with E-state index in [-0.39, 0.29) is 17.2 Å². The quantitative estimate of drug-likeness (QED) is 0.514. The lowest BCUT2D eigenvalue weighted by molar-refractivity contribution is -0.0866. The van der Waals surface area contributed by atoms with Gasteiger partial charge >= 0.3 is 8.60 Å². The molecular weight excluding hydrogens is 261 g/mol. The van der Waals surface area contributed by atoms with Crippen LogP contribution in [0.2, 0.25) is 0 Å². The summed E-state index contributed by atoms with van der Waals surface area (Å²) in [5.41, 5.74) is 0.00813. The van der Waals surface area contributed by atoms with Crippen molar-refractivity contribution < 1.29 is 13.6 Å². The maximum Gasteiger partial charge on any atom is 0.334 e. The smallest absolute Gasteiger partial charge is 0.313 e. The minimum absolute atomic E-state index is 0.0170. The first-order valence-corrected chi connectivity index (χ1v) is 8.09. The molecule has 1 atom stereocenters. The van der Waals surface area contributed by atoms with Crippen molar-refractivity contribution in [3.8, 4) is 0 Å². The molecule has 0 aliphatic carbocycles. The fraction of sp³-hybridized carbons (Fsp3) is 1.00. The number of rotatable bonds is 7. The summed E-state index contributed by atoms with van der Waals surface area (Å²) >= 11 is 0. The van der Waals surface area contributed by atoms with Crippen LogP contribution in [0.3, 0.4) is 0 Å². The third kappa shape index (κ3) is 7.01. The molecule has 116 valence electrons. The Labute approximate surface area is 120 Å². The highest BCUT2D eigenvalue weighted by atomic mass is 31.2. The van der Waals surface area contributed by atoms with Gasteiger partial charge in [-0.1, -0.05) is 20.8 Å². The molecule has 0 aliphatic rings. The van der Waals surface area contributed by atoms with E-state index in [1.807, 2.05) is 13.8 Å². The van der Waals surface area contributed by atoms with Crippen LogP contribution in [0, 0.1) is 5.41 Å². The van der Waals surface area contributed by atoms with Gasteiger partial charge in [-0.05, 0) is 41.7 Å². The first kappa shape index (κ1) is 19.3. The van der Waals surface area contributed by atoms with E-state index < -0.39 is 8.60 Å². The number of hydrogen-bond donors (Lipinski definition) is 0. The van der Waals surface area contributed by atoms with Gasteiger partial charge in [0.15, 0.2) is 0 Å². The van der Waals surface area contributed by atoms with Crippen LogP contribution in [-0.4, -0.2) is 36.9 Å². The second kappa shape index (κ2) is 7.90. The molecule has 19 heavy (non-hydrogen) atoms. The van der Waals surface area contributed by atoms with Crippen molar-refractivity contribution in [3.63, 3.8) is 0 Å². The van der Waals surface area contributed by atoms with Gasteiger partial charge in [0, 0.05) is 11.0 Å². The summed E-state index contributed by atoms with van der Waals surface area (Å²) in [7, 11) is 0.799. The van der Waals surface area contributed by atoms with Crippen LogP contribution in [0.25, 0.3) is 0 Å². The third-order valence-corrected chi connectivity index (χ3v) is 4.12. The SMILES string of the molecule is CCOP(OCC)OC(N(C)C(C)(C)C)C(C)(C)C. The van der Waals surface area contributed by atoms with E-state index in [0.717, 1.165) is 0 Å². The molecule has 0 amide bonds. The molecule has 0 aromatic heterocycles. The van der Waals surface area contributed by atoms with Crippen molar-refractivity contribution in [1.29, 1.82) is 0 Å². The molecule has 0 aromatic carbocycles. The highest BCUT2D eigenvalue weighted by molar-refractivity contribution is 7.41. The lowest BCUT2D eigenvalue weighted by atomic mass is 9.91. The second-order valence-corrected chi connectivity index (χ2v) is 7.84. The first-order valence-electron chi connectivity index (χ1n) is 6.99. The van der Waals surface area contributed by atoms with E-state index in [4.69, 9.17) is 13.6 Å². The molecule has 0 bridgehead atoms. The summed E-state index contributed by atoms with van der Waals surface area (Å²) in [6, 6.07) is 0. The Morgan fingerprint density at radius 1 is 0.947 bits per heavy atom. The molecule has 1 unspecified atom stereocenters. The summed E-state index contributed by atoms with van der Waals surface area (Å²) in [5, 5.41) is 0. The van der Waals surface area contributed by atoms with E-state index in [1.54, 1.807) is 0 Å². The monoisotopic (exact) mass is 293 g/mol. The zero-order valence-corrected chi connectivity index (χ0v) is 15.0. The Bertz CT molecular complexity index is 242. The summed E-state index contributed by atoms with van der Waals surface area (Å²) in [5.74, 6) is 0. The molecule has 0 radical (unpaired) electrons. The predicted molar refractivity (Wildman–Crippen MR) is 82.0 cm³/mol. The Balaban J connectivity index is 4.95. The molecule has 4 nitrogen and oxygen atoms in total. The van der Waals surface area contributed by atoms with E-state index in [2.05, 4.69) is 53.5 Å². The van der Waals surface area contributed by atoms with Crippen LogP contribution in [0.15, 0.2) is 0 Å². The normalized spacial score (nSPS) is 15.3. The minimum atomic E-state index is -1.29. The summed E-state index contributed by atoms with van der Waals surface area (Å²) in [6.45, 7) is 18.2. The average Bonchev–Trinajstić information content (AvgIpc) is 2.22. The Morgan fingerprint density at radius 3 is 1.63 bits per heavy atom. The molecular formula is C14H32NO3P. The predicted octanol–water partition coefficient (Wildman–Crippen LogP) is 4.41. The first-order chi connectivity index (χ1) is 8.54. The molecule has 0 saturated carbocycles. The van der Waals surface area contributed by atoms with Crippen molar-refractivity contribution in [2.75, 3.05) is 20.3 Å². The van der Waals surface area contributed by atoms with Gasteiger partial charge in [0.25, 0.3) is 0 Å². The standard InChI is InChI=1S/C14H32NO3P/c1-10-16-19(17-11-2)18-12(13(3,4)5)15(9)14(6,7)8/h12H,10-11H2,1-9H3. The Kier molecular flexibility index (Phi) is 8.01. The van der Waals surface area contributed by atoms with Crippen molar-refractivity contribution in [2.45, 2.75) is 67.2 Å². The average molecular weight is 293 g/mol. The highest BCUT2D eigenvalue weighted by Gasteiger charge is 2.37. The molecule has 0 aliphatic heterocycles. The molecule has 0 aromatic rings. The van der Waals surface area contributed by atoms with Gasteiger partial charge in [-0.3, -0.25) is 9.42 Å². The van der Waals surface area contributed by atoms with E-state index in [1.165, 1.54) is 0 Å². The Morgan fingerprint density at radius 2 is 1.37 bits per heavy atom. The fourth-order valence-electron chi connectivity index (χ4n) is 1.55. The summed E-state index contributed by atoms with van der Waals surface area (Å²) in [4.78, 5) is 2.24. The molecule has 0 N–H and O–H groups in total. The molecule has 0 spiro atoms. The zero-order chi connectivity index (χ0) is 15.3. The summed E-state index contributed by atoms with van der Waals surface area (Å²) in [6.07, 6.45) is -0.0586. The van der Waals surface area contributed by atoms with Gasteiger partial charge in [-0.25, -0.2) is 0 Å². The highest BCUT2D eigenvalue weighted by Crippen LogP contribution is 2.45. The Hall–Kier alpha value is 0.270. The molecule has 5 heteroatoms. The lowest BCUT2D eigenvalue weighted by Gasteiger charge is -2.44. The van der Waals surface area contributed by atoms with Crippen LogP contribution in [0.4, 0.5) is 0 Å². The van der Waals surface area contributed by atoms with Crippen molar-refractivity contribution >= 4 is 8.60 Å². The van der Waals surface area contributed by atoms with Crippen LogP contribution in [0.1, 0.15) is 55.4 Å². The maximum atomic E-state index is 6.13. The molecule has 0 fully saturated rings. The van der Waals surface area contributed by atoms with Crippen molar-refractivity contribution in [1.82, 2.24) is 4.90 Å². The topological polar surface area (TPSA) is 30.9 Å². The number of hydrogen-bond acceptors (Lipinski definition) is 4. The second-order valence-electron chi connectivity index (χ2n) is 6.66. The third-order valence-electron chi connectivity index (χ3n) is 2.81. The lowest BCUT2D eigenvalue weighted by Crippen LogP contribution is -2.51. The fourth-order valence-corrected chi connectivity index (χ4v) is 2.79. The van der Waals surface area contributed by atoms with Crippen LogP contribution >= 0.6 is 8.60 Å². The van der Waals surface area contributed by atoms with Crippen LogP contribution in [-0.2, 0) is 13.6 Å². The molecule has 0 saturated heterocycles. The molecule has 0 heterocycles. The maximum absolute atomic E-state index is 6.13. The van der Waals surface area contributed by atoms with Gasteiger partial charge in [-0.15, -0.1) is 0 Å². The minimum Gasteiger partial charge on any atom is -0.313 e. The molecule has 0 rings (SSSR count). The van der Waals surface area contributed by atoms with Gasteiger partial charge in [0.2, 0.25) is 0 Å². The van der Waals surface area contributed by atoms with E-state index in [9.17, 15) is 0 Å². The van der Waals surface area contributed by atoms with E-state index >= 15 is 0 Å².